The molecular weight excluding hydrogens is 268 g/mol. The molecular formula is C16H18N2OS. The fourth-order valence-corrected chi connectivity index (χ4v) is 3.64. The lowest BCUT2D eigenvalue weighted by Crippen LogP contribution is -2.38. The Kier molecular flexibility index (Phi) is 3.57. The van der Waals surface area contributed by atoms with Crippen LogP contribution in [0.1, 0.15) is 37.9 Å². The summed E-state index contributed by atoms with van der Waals surface area (Å²) in [5.41, 5.74) is 3.62. The van der Waals surface area contributed by atoms with Crippen LogP contribution in [0, 0.1) is 13.8 Å². The molecule has 4 heteroatoms. The second-order valence-corrected chi connectivity index (χ2v) is 6.53. The summed E-state index contributed by atoms with van der Waals surface area (Å²) in [6.07, 6.45) is 2.99. The molecule has 1 atom stereocenters. The van der Waals surface area contributed by atoms with E-state index in [0.29, 0.717) is 0 Å². The molecule has 0 saturated carbocycles. The molecule has 0 aliphatic heterocycles. The first-order valence-electron chi connectivity index (χ1n) is 6.95. The number of carbonyl (C=O) groups excluding carboxylic acids is 1. The Bertz CT molecular complexity index is 648. The third-order valence-electron chi connectivity index (χ3n) is 3.79. The minimum absolute atomic E-state index is 0.0254. The van der Waals surface area contributed by atoms with Crippen molar-refractivity contribution in [2.45, 2.75) is 39.2 Å². The standard InChI is InChI=1S/C16H18N2OS/c1-10-15(20-11(2)17-10)16(19)18-14-8-7-12-5-3-4-6-13(12)9-14/h3-6,14H,7-9H2,1-2H3,(H,18,19)/t14-/m1/s1. The first-order chi connectivity index (χ1) is 9.63. The van der Waals surface area contributed by atoms with E-state index in [1.54, 1.807) is 0 Å². The van der Waals surface area contributed by atoms with E-state index in [2.05, 4.69) is 34.6 Å². The minimum atomic E-state index is 0.0254. The van der Waals surface area contributed by atoms with Crippen LogP contribution in [0.3, 0.4) is 0 Å². The van der Waals surface area contributed by atoms with E-state index in [4.69, 9.17) is 0 Å². The maximum Gasteiger partial charge on any atom is 0.263 e. The maximum absolute atomic E-state index is 12.3. The lowest BCUT2D eigenvalue weighted by atomic mass is 9.88. The Labute approximate surface area is 123 Å². The van der Waals surface area contributed by atoms with Gasteiger partial charge >= 0.3 is 0 Å². The normalized spacial score (nSPS) is 17.6. The van der Waals surface area contributed by atoms with Crippen molar-refractivity contribution < 1.29 is 4.79 Å². The average Bonchev–Trinajstić information content (AvgIpc) is 2.78. The molecule has 0 radical (unpaired) electrons. The molecule has 3 rings (SSSR count). The van der Waals surface area contributed by atoms with Gasteiger partial charge in [-0.25, -0.2) is 4.98 Å². The summed E-state index contributed by atoms with van der Waals surface area (Å²) in [5.74, 6) is 0.0254. The highest BCUT2D eigenvalue weighted by Crippen LogP contribution is 2.22. The van der Waals surface area contributed by atoms with Crippen LogP contribution in [0.25, 0.3) is 0 Å². The molecule has 2 aromatic rings. The highest BCUT2D eigenvalue weighted by atomic mass is 32.1. The fraction of sp³-hybridized carbons (Fsp3) is 0.375. The van der Waals surface area contributed by atoms with Gasteiger partial charge in [0.1, 0.15) is 4.88 Å². The van der Waals surface area contributed by atoms with Gasteiger partial charge < -0.3 is 5.32 Å². The number of hydrogen-bond acceptors (Lipinski definition) is 3. The SMILES string of the molecule is Cc1nc(C)c(C(=O)N[C@@H]2CCc3ccccc3C2)s1. The zero-order valence-corrected chi connectivity index (χ0v) is 12.6. The van der Waals surface area contributed by atoms with Gasteiger partial charge in [-0.2, -0.15) is 0 Å². The number of thiazole rings is 1. The van der Waals surface area contributed by atoms with E-state index < -0.39 is 0 Å². The first-order valence-corrected chi connectivity index (χ1v) is 7.77. The number of aryl methyl sites for hydroxylation is 3. The van der Waals surface area contributed by atoms with Crippen molar-refractivity contribution in [3.05, 3.63) is 51.0 Å². The molecule has 1 aliphatic carbocycles. The van der Waals surface area contributed by atoms with Crippen LogP contribution < -0.4 is 5.32 Å². The zero-order valence-electron chi connectivity index (χ0n) is 11.8. The number of carbonyl (C=O) groups is 1. The van der Waals surface area contributed by atoms with Crippen LogP contribution >= 0.6 is 11.3 Å². The highest BCUT2D eigenvalue weighted by Gasteiger charge is 2.22. The summed E-state index contributed by atoms with van der Waals surface area (Å²) >= 11 is 1.47. The van der Waals surface area contributed by atoms with E-state index in [-0.39, 0.29) is 11.9 Å². The number of nitrogens with zero attached hydrogens (tertiary/aromatic N) is 1. The molecule has 0 spiro atoms. The smallest absolute Gasteiger partial charge is 0.263 e. The Morgan fingerprint density at radius 2 is 2.05 bits per heavy atom. The van der Waals surface area contributed by atoms with Gasteiger partial charge in [-0.15, -0.1) is 11.3 Å². The monoisotopic (exact) mass is 286 g/mol. The zero-order chi connectivity index (χ0) is 14.1. The molecule has 0 fully saturated rings. The van der Waals surface area contributed by atoms with Crippen LogP contribution in [-0.2, 0) is 12.8 Å². The van der Waals surface area contributed by atoms with Crippen LogP contribution in [0.4, 0.5) is 0 Å². The molecule has 1 aliphatic rings. The summed E-state index contributed by atoms with van der Waals surface area (Å²) in [6, 6.07) is 8.74. The summed E-state index contributed by atoms with van der Waals surface area (Å²) in [6.45, 7) is 3.83. The van der Waals surface area contributed by atoms with Crippen LogP contribution in [0.2, 0.25) is 0 Å². The number of aromatic nitrogens is 1. The number of nitrogens with one attached hydrogen (secondary N) is 1. The molecule has 3 nitrogen and oxygen atoms in total. The van der Waals surface area contributed by atoms with Gasteiger partial charge in [0.15, 0.2) is 0 Å². The molecule has 1 aromatic heterocycles. The topological polar surface area (TPSA) is 42.0 Å². The van der Waals surface area contributed by atoms with Crippen LogP contribution in [-0.4, -0.2) is 16.9 Å². The van der Waals surface area contributed by atoms with Crippen molar-refractivity contribution >= 4 is 17.2 Å². The van der Waals surface area contributed by atoms with Gasteiger partial charge in [-0.3, -0.25) is 4.79 Å². The predicted molar refractivity (Wildman–Crippen MR) is 81.3 cm³/mol. The van der Waals surface area contributed by atoms with Crippen molar-refractivity contribution in [3.8, 4) is 0 Å². The van der Waals surface area contributed by atoms with E-state index in [0.717, 1.165) is 34.8 Å². The van der Waals surface area contributed by atoms with Gasteiger partial charge in [0, 0.05) is 6.04 Å². The molecule has 0 bridgehead atoms. The molecule has 1 amide bonds. The van der Waals surface area contributed by atoms with Gasteiger partial charge in [-0.05, 0) is 44.2 Å². The van der Waals surface area contributed by atoms with Crippen molar-refractivity contribution in [1.29, 1.82) is 0 Å². The lowest BCUT2D eigenvalue weighted by Gasteiger charge is -2.25. The van der Waals surface area contributed by atoms with E-state index in [9.17, 15) is 4.79 Å². The van der Waals surface area contributed by atoms with Crippen molar-refractivity contribution in [3.63, 3.8) is 0 Å². The number of benzene rings is 1. The average molecular weight is 286 g/mol. The van der Waals surface area contributed by atoms with Crippen LogP contribution in [0.5, 0.6) is 0 Å². The van der Waals surface area contributed by atoms with Gasteiger partial charge in [-0.1, -0.05) is 24.3 Å². The largest absolute Gasteiger partial charge is 0.348 e. The van der Waals surface area contributed by atoms with E-state index in [1.165, 1.54) is 22.5 Å². The molecule has 104 valence electrons. The number of hydrogen-bond donors (Lipinski definition) is 1. The molecule has 1 aromatic carbocycles. The van der Waals surface area contributed by atoms with E-state index in [1.807, 2.05) is 13.8 Å². The summed E-state index contributed by atoms with van der Waals surface area (Å²) in [7, 11) is 0. The Balaban J connectivity index is 1.71. The third-order valence-corrected chi connectivity index (χ3v) is 4.86. The first kappa shape index (κ1) is 13.3. The van der Waals surface area contributed by atoms with Crippen molar-refractivity contribution in [1.82, 2.24) is 10.3 Å². The molecule has 0 unspecified atom stereocenters. The Hall–Kier alpha value is -1.68. The van der Waals surface area contributed by atoms with Crippen molar-refractivity contribution in [2.24, 2.45) is 0 Å². The molecule has 1 N–H and O–H groups in total. The quantitative estimate of drug-likeness (QED) is 0.922. The second-order valence-electron chi connectivity index (χ2n) is 5.33. The van der Waals surface area contributed by atoms with E-state index >= 15 is 0 Å². The van der Waals surface area contributed by atoms with Crippen molar-refractivity contribution in [2.75, 3.05) is 0 Å². The van der Waals surface area contributed by atoms with Gasteiger partial charge in [0.25, 0.3) is 5.91 Å². The van der Waals surface area contributed by atoms with Crippen LogP contribution in [0.15, 0.2) is 24.3 Å². The molecule has 0 saturated heterocycles. The molecule has 1 heterocycles. The van der Waals surface area contributed by atoms with Gasteiger partial charge in [0.05, 0.1) is 10.7 Å². The highest BCUT2D eigenvalue weighted by molar-refractivity contribution is 7.13. The number of fused-ring (bicyclic) bond motifs is 1. The number of amides is 1. The van der Waals surface area contributed by atoms with Gasteiger partial charge in [0.2, 0.25) is 0 Å². The summed E-state index contributed by atoms with van der Waals surface area (Å²) in [5, 5.41) is 4.11. The minimum Gasteiger partial charge on any atom is -0.348 e. The Morgan fingerprint density at radius 1 is 1.30 bits per heavy atom. The lowest BCUT2D eigenvalue weighted by molar-refractivity contribution is 0.0937. The summed E-state index contributed by atoms with van der Waals surface area (Å²) in [4.78, 5) is 17.4. The maximum atomic E-state index is 12.3. The predicted octanol–water partition coefficient (Wildman–Crippen LogP) is 3.05. The number of rotatable bonds is 2. The Morgan fingerprint density at radius 3 is 2.75 bits per heavy atom. The summed E-state index contributed by atoms with van der Waals surface area (Å²) < 4.78 is 0. The fourth-order valence-electron chi connectivity index (χ4n) is 2.81. The second kappa shape index (κ2) is 5.37. The third kappa shape index (κ3) is 2.61. The molecule has 20 heavy (non-hydrogen) atoms.